The monoisotopic (exact) mass is 296 g/mol. The quantitative estimate of drug-likeness (QED) is 0.790. The van der Waals surface area contributed by atoms with Crippen molar-refractivity contribution >= 4 is 5.65 Å². The van der Waals surface area contributed by atoms with Gasteiger partial charge in [0.05, 0.1) is 0 Å². The first kappa shape index (κ1) is 14.5. The van der Waals surface area contributed by atoms with Crippen LogP contribution >= 0.6 is 0 Å². The van der Waals surface area contributed by atoms with E-state index in [-0.39, 0.29) is 11.0 Å². The molecule has 5 heteroatoms. The SMILES string of the molecule is Cc1nc(Cc2ccc(C(C)(C)C)cc2)nc2cc(=O)[nH]n12. The Balaban J connectivity index is 1.91. The van der Waals surface area contributed by atoms with Gasteiger partial charge in [-0.15, -0.1) is 0 Å². The van der Waals surface area contributed by atoms with Gasteiger partial charge in [0, 0.05) is 12.5 Å². The minimum Gasteiger partial charge on any atom is -0.268 e. The zero-order chi connectivity index (χ0) is 15.9. The predicted molar refractivity (Wildman–Crippen MR) is 86.3 cm³/mol. The van der Waals surface area contributed by atoms with E-state index in [1.807, 2.05) is 6.92 Å². The van der Waals surface area contributed by atoms with Gasteiger partial charge in [-0.3, -0.25) is 9.89 Å². The van der Waals surface area contributed by atoms with E-state index in [1.165, 1.54) is 11.6 Å². The molecule has 3 aromatic rings. The zero-order valence-corrected chi connectivity index (χ0v) is 13.3. The van der Waals surface area contributed by atoms with Crippen LogP contribution in [-0.4, -0.2) is 19.6 Å². The Morgan fingerprint density at radius 1 is 1.14 bits per heavy atom. The summed E-state index contributed by atoms with van der Waals surface area (Å²) < 4.78 is 1.61. The van der Waals surface area contributed by atoms with E-state index in [2.05, 4.69) is 60.1 Å². The van der Waals surface area contributed by atoms with Crippen LogP contribution in [0.25, 0.3) is 5.65 Å². The normalized spacial score (nSPS) is 12.0. The van der Waals surface area contributed by atoms with Crippen molar-refractivity contribution in [2.24, 2.45) is 0 Å². The second-order valence-electron chi connectivity index (χ2n) is 6.62. The number of hydrogen-bond acceptors (Lipinski definition) is 3. The van der Waals surface area contributed by atoms with Gasteiger partial charge in [-0.05, 0) is 23.5 Å². The van der Waals surface area contributed by atoms with Crippen LogP contribution in [0.4, 0.5) is 0 Å². The smallest absolute Gasteiger partial charge is 0.266 e. The number of nitrogens with one attached hydrogen (secondary N) is 1. The number of aromatic nitrogens is 4. The molecule has 114 valence electrons. The summed E-state index contributed by atoms with van der Waals surface area (Å²) in [5.74, 6) is 1.45. The van der Waals surface area contributed by atoms with Gasteiger partial charge in [0.25, 0.3) is 5.56 Å². The summed E-state index contributed by atoms with van der Waals surface area (Å²) in [7, 11) is 0. The summed E-state index contributed by atoms with van der Waals surface area (Å²) in [4.78, 5) is 20.3. The molecule has 0 aliphatic heterocycles. The number of nitrogens with zero attached hydrogens (tertiary/aromatic N) is 3. The molecule has 0 aliphatic rings. The van der Waals surface area contributed by atoms with Crippen LogP contribution in [0.15, 0.2) is 35.1 Å². The summed E-state index contributed by atoms with van der Waals surface area (Å²) in [6, 6.07) is 10.0. The van der Waals surface area contributed by atoms with Gasteiger partial charge in [0.2, 0.25) is 0 Å². The molecule has 0 amide bonds. The number of fused-ring (bicyclic) bond motifs is 1. The Hall–Kier alpha value is -2.43. The van der Waals surface area contributed by atoms with Crippen molar-refractivity contribution < 1.29 is 0 Å². The molecule has 0 radical (unpaired) electrons. The average molecular weight is 296 g/mol. The van der Waals surface area contributed by atoms with Crippen molar-refractivity contribution in [2.75, 3.05) is 0 Å². The van der Waals surface area contributed by atoms with E-state index in [0.29, 0.717) is 12.1 Å². The number of aromatic amines is 1. The van der Waals surface area contributed by atoms with Crippen LogP contribution in [0.5, 0.6) is 0 Å². The van der Waals surface area contributed by atoms with Gasteiger partial charge in [0.1, 0.15) is 11.6 Å². The maximum atomic E-state index is 11.4. The molecule has 1 aromatic carbocycles. The van der Waals surface area contributed by atoms with E-state index in [0.717, 1.165) is 17.2 Å². The van der Waals surface area contributed by atoms with Crippen molar-refractivity contribution in [3.8, 4) is 0 Å². The Morgan fingerprint density at radius 2 is 1.82 bits per heavy atom. The fraction of sp³-hybridized carbons (Fsp3) is 0.353. The van der Waals surface area contributed by atoms with E-state index >= 15 is 0 Å². The minimum atomic E-state index is -0.163. The number of hydrogen-bond donors (Lipinski definition) is 1. The number of H-pyrrole nitrogens is 1. The molecule has 2 heterocycles. The molecule has 0 saturated carbocycles. The van der Waals surface area contributed by atoms with Crippen molar-refractivity contribution in [3.05, 3.63) is 63.5 Å². The molecular formula is C17H20N4O. The first-order valence-corrected chi connectivity index (χ1v) is 7.38. The van der Waals surface area contributed by atoms with Crippen LogP contribution in [0.1, 0.15) is 43.5 Å². The fourth-order valence-electron chi connectivity index (χ4n) is 2.49. The third kappa shape index (κ3) is 2.79. The van der Waals surface area contributed by atoms with Gasteiger partial charge >= 0.3 is 0 Å². The van der Waals surface area contributed by atoms with Crippen LogP contribution in [0, 0.1) is 6.92 Å². The lowest BCUT2D eigenvalue weighted by molar-refractivity contribution is 0.590. The van der Waals surface area contributed by atoms with Crippen LogP contribution in [0.2, 0.25) is 0 Å². The molecule has 0 fully saturated rings. The van der Waals surface area contributed by atoms with Crippen molar-refractivity contribution in [2.45, 2.75) is 39.5 Å². The van der Waals surface area contributed by atoms with E-state index < -0.39 is 0 Å². The molecule has 3 rings (SSSR count). The lowest BCUT2D eigenvalue weighted by Gasteiger charge is -2.19. The molecule has 0 bridgehead atoms. The van der Waals surface area contributed by atoms with Gasteiger partial charge < -0.3 is 0 Å². The fourth-order valence-corrected chi connectivity index (χ4v) is 2.49. The van der Waals surface area contributed by atoms with Gasteiger partial charge in [-0.1, -0.05) is 45.0 Å². The first-order chi connectivity index (χ1) is 10.3. The van der Waals surface area contributed by atoms with E-state index in [1.54, 1.807) is 4.52 Å². The predicted octanol–water partition coefficient (Wildman–Crippen LogP) is 2.61. The van der Waals surface area contributed by atoms with E-state index in [4.69, 9.17) is 0 Å². The summed E-state index contributed by atoms with van der Waals surface area (Å²) in [6.45, 7) is 8.46. The highest BCUT2D eigenvalue weighted by Gasteiger charge is 2.13. The third-order valence-electron chi connectivity index (χ3n) is 3.75. The summed E-state index contributed by atoms with van der Waals surface area (Å²) in [5.41, 5.74) is 3.06. The van der Waals surface area contributed by atoms with Gasteiger partial charge in [0.15, 0.2) is 5.65 Å². The molecule has 22 heavy (non-hydrogen) atoms. The first-order valence-electron chi connectivity index (χ1n) is 7.38. The summed E-state index contributed by atoms with van der Waals surface area (Å²) in [6.07, 6.45) is 0.654. The van der Waals surface area contributed by atoms with Crippen molar-refractivity contribution in [1.29, 1.82) is 0 Å². The van der Waals surface area contributed by atoms with Crippen LogP contribution in [0.3, 0.4) is 0 Å². The highest BCUT2D eigenvalue weighted by Crippen LogP contribution is 2.22. The van der Waals surface area contributed by atoms with Crippen molar-refractivity contribution in [3.63, 3.8) is 0 Å². The maximum absolute atomic E-state index is 11.4. The standard InChI is InChI=1S/C17H20N4O/c1-11-18-14(19-15-10-16(22)20-21(11)15)9-12-5-7-13(8-6-12)17(2,3)4/h5-8,10H,9H2,1-4H3,(H,20,22). The minimum absolute atomic E-state index is 0.150. The molecule has 0 spiro atoms. The molecule has 0 unspecified atom stereocenters. The molecule has 1 N–H and O–H groups in total. The molecule has 0 atom stereocenters. The largest absolute Gasteiger partial charge is 0.268 e. The molecule has 0 saturated heterocycles. The zero-order valence-electron chi connectivity index (χ0n) is 13.3. The average Bonchev–Trinajstić information content (AvgIpc) is 2.79. The lowest BCUT2D eigenvalue weighted by atomic mass is 9.86. The third-order valence-corrected chi connectivity index (χ3v) is 3.75. The Kier molecular flexibility index (Phi) is 3.35. The maximum Gasteiger partial charge on any atom is 0.266 e. The van der Waals surface area contributed by atoms with Gasteiger partial charge in [-0.25, -0.2) is 14.5 Å². The van der Waals surface area contributed by atoms with E-state index in [9.17, 15) is 4.79 Å². The Morgan fingerprint density at radius 3 is 2.45 bits per heavy atom. The molecule has 2 aromatic heterocycles. The summed E-state index contributed by atoms with van der Waals surface area (Å²) >= 11 is 0. The molecular weight excluding hydrogens is 276 g/mol. The van der Waals surface area contributed by atoms with Gasteiger partial charge in [-0.2, -0.15) is 0 Å². The van der Waals surface area contributed by atoms with Crippen LogP contribution in [-0.2, 0) is 11.8 Å². The molecule has 0 aliphatic carbocycles. The lowest BCUT2D eigenvalue weighted by Crippen LogP contribution is -2.11. The topological polar surface area (TPSA) is 63.0 Å². The number of benzene rings is 1. The number of rotatable bonds is 2. The van der Waals surface area contributed by atoms with Crippen LogP contribution < -0.4 is 5.56 Å². The Labute approximate surface area is 129 Å². The highest BCUT2D eigenvalue weighted by atomic mass is 16.1. The molecule has 5 nitrogen and oxygen atoms in total. The highest BCUT2D eigenvalue weighted by molar-refractivity contribution is 5.37. The summed E-state index contributed by atoms with van der Waals surface area (Å²) in [5, 5.41) is 2.68. The second-order valence-corrected chi connectivity index (χ2v) is 6.62. The number of aryl methyl sites for hydroxylation is 1. The van der Waals surface area contributed by atoms with Crippen molar-refractivity contribution in [1.82, 2.24) is 19.6 Å². The second kappa shape index (κ2) is 5.09. The Bertz CT molecular complexity index is 866.